The van der Waals surface area contributed by atoms with Gasteiger partial charge in [0.1, 0.15) is 18.1 Å². The van der Waals surface area contributed by atoms with E-state index in [2.05, 4.69) is 32.8 Å². The molecule has 0 bridgehead atoms. The van der Waals surface area contributed by atoms with Gasteiger partial charge >= 0.3 is 0 Å². The van der Waals surface area contributed by atoms with Crippen molar-refractivity contribution in [1.82, 2.24) is 15.4 Å². The summed E-state index contributed by atoms with van der Waals surface area (Å²) in [6.45, 7) is 3.96. The zero-order valence-corrected chi connectivity index (χ0v) is 18.6. The van der Waals surface area contributed by atoms with E-state index in [1.165, 1.54) is 16.9 Å². The Morgan fingerprint density at radius 1 is 1.10 bits per heavy atom. The smallest absolute Gasteiger partial charge is 0.261 e. The van der Waals surface area contributed by atoms with E-state index in [-0.39, 0.29) is 12.5 Å². The third-order valence-electron chi connectivity index (χ3n) is 4.52. The van der Waals surface area contributed by atoms with Gasteiger partial charge in [-0.05, 0) is 31.5 Å². The van der Waals surface area contributed by atoms with Crippen LogP contribution in [0.15, 0.2) is 63.5 Å². The summed E-state index contributed by atoms with van der Waals surface area (Å²) in [6, 6.07) is 17.2. The van der Waals surface area contributed by atoms with E-state index in [9.17, 15) is 4.79 Å². The van der Waals surface area contributed by atoms with Crippen LogP contribution in [0.4, 0.5) is 5.13 Å². The lowest BCUT2D eigenvalue weighted by atomic mass is 10.2. The van der Waals surface area contributed by atoms with E-state index < -0.39 is 0 Å². The van der Waals surface area contributed by atoms with E-state index in [0.717, 1.165) is 21.3 Å². The molecule has 0 saturated heterocycles. The third-order valence-corrected chi connectivity index (χ3v) is 6.56. The Balaban J connectivity index is 1.39. The molecule has 0 atom stereocenters. The normalized spacial score (nSPS) is 10.8. The van der Waals surface area contributed by atoms with Crippen molar-refractivity contribution in [2.24, 2.45) is 0 Å². The fraction of sp³-hybridized carbons (Fsp3) is 0.182. The number of nitrogens with zero attached hydrogens (tertiary/aromatic N) is 3. The first-order chi connectivity index (χ1) is 15.1. The number of rotatable bonds is 8. The number of ether oxygens (including phenoxy) is 1. The maximum atomic E-state index is 12.8. The van der Waals surface area contributed by atoms with Crippen molar-refractivity contribution in [1.29, 1.82) is 0 Å². The number of benzene rings is 2. The number of carbonyl (C=O) groups excluding carboxylic acids is 1. The summed E-state index contributed by atoms with van der Waals surface area (Å²) in [5, 5.41) is 15.4. The number of para-hydroxylation sites is 1. The van der Waals surface area contributed by atoms with Gasteiger partial charge in [-0.15, -0.1) is 10.2 Å². The highest BCUT2D eigenvalue weighted by atomic mass is 32.2. The van der Waals surface area contributed by atoms with Crippen molar-refractivity contribution in [2.45, 2.75) is 30.5 Å². The van der Waals surface area contributed by atoms with E-state index in [1.54, 1.807) is 30.0 Å². The molecular weight excluding hydrogens is 432 g/mol. The second-order valence-corrected chi connectivity index (χ2v) is 8.89. The Kier molecular flexibility index (Phi) is 6.63. The molecule has 4 aromatic rings. The van der Waals surface area contributed by atoms with Gasteiger partial charge in [0.2, 0.25) is 5.13 Å². The van der Waals surface area contributed by atoms with E-state index in [0.29, 0.717) is 22.2 Å². The first-order valence-corrected chi connectivity index (χ1v) is 11.4. The van der Waals surface area contributed by atoms with Gasteiger partial charge in [-0.25, -0.2) is 0 Å². The van der Waals surface area contributed by atoms with Crippen molar-refractivity contribution >= 4 is 34.1 Å². The summed E-state index contributed by atoms with van der Waals surface area (Å²) < 4.78 is 11.9. The zero-order chi connectivity index (χ0) is 21.6. The Morgan fingerprint density at radius 3 is 2.65 bits per heavy atom. The van der Waals surface area contributed by atoms with Gasteiger partial charge in [-0.3, -0.25) is 10.1 Å². The van der Waals surface area contributed by atoms with Crippen LogP contribution >= 0.6 is 23.1 Å². The molecular formula is C22H20N4O3S2. The summed E-state index contributed by atoms with van der Waals surface area (Å²) in [5.74, 6) is 1.67. The van der Waals surface area contributed by atoms with Crippen LogP contribution in [0.2, 0.25) is 0 Å². The predicted molar refractivity (Wildman–Crippen MR) is 121 cm³/mol. The van der Waals surface area contributed by atoms with Crippen LogP contribution in [-0.4, -0.2) is 21.3 Å². The fourth-order valence-corrected chi connectivity index (χ4v) is 4.54. The molecule has 4 rings (SSSR count). The molecule has 0 aliphatic rings. The molecule has 0 spiro atoms. The number of anilines is 1. The van der Waals surface area contributed by atoms with Crippen LogP contribution in [0, 0.1) is 13.8 Å². The van der Waals surface area contributed by atoms with Gasteiger partial charge < -0.3 is 9.26 Å². The van der Waals surface area contributed by atoms with Gasteiger partial charge in [0.15, 0.2) is 4.34 Å². The molecule has 7 nitrogen and oxygen atoms in total. The summed E-state index contributed by atoms with van der Waals surface area (Å²) in [5.41, 5.74) is 3.27. The number of hydrogen-bond acceptors (Lipinski definition) is 8. The molecule has 0 aliphatic heterocycles. The average Bonchev–Trinajstić information content (AvgIpc) is 3.37. The molecule has 9 heteroatoms. The average molecular weight is 453 g/mol. The molecule has 0 aliphatic carbocycles. The molecule has 31 heavy (non-hydrogen) atoms. The van der Waals surface area contributed by atoms with Crippen molar-refractivity contribution in [2.75, 3.05) is 5.32 Å². The van der Waals surface area contributed by atoms with Crippen molar-refractivity contribution in [3.8, 4) is 5.75 Å². The van der Waals surface area contributed by atoms with Crippen LogP contribution < -0.4 is 10.1 Å². The maximum absolute atomic E-state index is 12.8. The number of thioether (sulfide) groups is 1. The number of hydrogen-bond donors (Lipinski definition) is 1. The number of carbonyl (C=O) groups is 1. The lowest BCUT2D eigenvalue weighted by Gasteiger charge is -2.10. The summed E-state index contributed by atoms with van der Waals surface area (Å²) >= 11 is 2.93. The summed E-state index contributed by atoms with van der Waals surface area (Å²) in [6.07, 6.45) is 0. The van der Waals surface area contributed by atoms with Gasteiger partial charge in [0.25, 0.3) is 5.91 Å². The monoisotopic (exact) mass is 452 g/mol. The van der Waals surface area contributed by atoms with Crippen LogP contribution in [0.25, 0.3) is 0 Å². The second-order valence-electron chi connectivity index (χ2n) is 6.69. The first kappa shape index (κ1) is 21.1. The summed E-state index contributed by atoms with van der Waals surface area (Å²) in [7, 11) is 0. The molecule has 1 amide bonds. The number of nitrogens with one attached hydrogen (secondary N) is 1. The molecule has 0 saturated carbocycles. The van der Waals surface area contributed by atoms with E-state index >= 15 is 0 Å². The first-order valence-electron chi connectivity index (χ1n) is 9.55. The quantitative estimate of drug-likeness (QED) is 0.288. The second kappa shape index (κ2) is 9.76. The van der Waals surface area contributed by atoms with Crippen molar-refractivity contribution in [3.63, 3.8) is 0 Å². The lowest BCUT2D eigenvalue weighted by molar-refractivity contribution is 0.102. The molecule has 1 N–H and O–H groups in total. The van der Waals surface area contributed by atoms with Crippen LogP contribution in [0.5, 0.6) is 5.75 Å². The molecule has 0 unspecified atom stereocenters. The minimum Gasteiger partial charge on any atom is -0.488 e. The van der Waals surface area contributed by atoms with E-state index in [4.69, 9.17) is 9.26 Å². The maximum Gasteiger partial charge on any atom is 0.261 e. The van der Waals surface area contributed by atoms with Crippen molar-refractivity contribution in [3.05, 3.63) is 82.7 Å². The standard InChI is InChI=1S/C22H20N4O3S2/c1-14-18(15(2)29-26-14)12-28-19-11-7-6-10-17(19)20(27)23-21-24-25-22(31-21)30-13-16-8-4-3-5-9-16/h3-11H,12-13H2,1-2H3,(H,23,24,27). The topological polar surface area (TPSA) is 90.1 Å². The Labute approximate surface area is 187 Å². The number of amides is 1. The minimum absolute atomic E-state index is 0.268. The van der Waals surface area contributed by atoms with Crippen LogP contribution in [0.1, 0.15) is 32.9 Å². The lowest BCUT2D eigenvalue weighted by Crippen LogP contribution is -2.13. The molecule has 2 aromatic heterocycles. The minimum atomic E-state index is -0.301. The predicted octanol–water partition coefficient (Wildman–Crippen LogP) is 5.27. The summed E-state index contributed by atoms with van der Waals surface area (Å²) in [4.78, 5) is 12.8. The molecule has 2 aromatic carbocycles. The molecule has 0 radical (unpaired) electrons. The Hall–Kier alpha value is -3.17. The van der Waals surface area contributed by atoms with Crippen molar-refractivity contribution < 1.29 is 14.1 Å². The SMILES string of the molecule is Cc1noc(C)c1COc1ccccc1C(=O)Nc1nnc(SCc2ccccc2)s1. The largest absolute Gasteiger partial charge is 0.488 e. The number of aromatic nitrogens is 3. The van der Waals surface area contributed by atoms with Gasteiger partial charge in [-0.2, -0.15) is 0 Å². The molecule has 2 heterocycles. The number of aryl methyl sites for hydroxylation is 2. The van der Waals surface area contributed by atoms with Gasteiger partial charge in [-0.1, -0.05) is 70.7 Å². The Morgan fingerprint density at radius 2 is 1.87 bits per heavy atom. The van der Waals surface area contributed by atoms with E-state index in [1.807, 2.05) is 38.1 Å². The Bertz CT molecular complexity index is 1150. The highest BCUT2D eigenvalue weighted by molar-refractivity contribution is 8.00. The fourth-order valence-electron chi connectivity index (χ4n) is 2.84. The van der Waals surface area contributed by atoms with Gasteiger partial charge in [0, 0.05) is 5.75 Å². The zero-order valence-electron chi connectivity index (χ0n) is 17.0. The third kappa shape index (κ3) is 5.31. The van der Waals surface area contributed by atoms with Crippen LogP contribution in [-0.2, 0) is 12.4 Å². The highest BCUT2D eigenvalue weighted by Crippen LogP contribution is 2.29. The molecule has 158 valence electrons. The highest BCUT2D eigenvalue weighted by Gasteiger charge is 2.16. The van der Waals surface area contributed by atoms with Gasteiger partial charge in [0.05, 0.1) is 16.8 Å². The molecule has 0 fully saturated rings. The van der Waals surface area contributed by atoms with Crippen LogP contribution in [0.3, 0.4) is 0 Å².